The summed E-state index contributed by atoms with van der Waals surface area (Å²) >= 11 is 17.0. The summed E-state index contributed by atoms with van der Waals surface area (Å²) in [5, 5.41) is 11.7. The summed E-state index contributed by atoms with van der Waals surface area (Å²) in [7, 11) is 1.87. The van der Waals surface area contributed by atoms with Crippen LogP contribution in [-0.4, -0.2) is 14.9 Å². The lowest BCUT2D eigenvalue weighted by molar-refractivity contribution is 0.740. The molecule has 7 heteroatoms. The molecule has 4 nitrogen and oxygen atoms in total. The molecule has 0 aliphatic rings. The van der Waals surface area contributed by atoms with Gasteiger partial charge < -0.3 is 10.6 Å². The smallest absolute Gasteiger partial charge is 0.175 e. The zero-order valence-corrected chi connectivity index (χ0v) is 12.7. The van der Waals surface area contributed by atoms with Crippen molar-refractivity contribution in [3.63, 3.8) is 0 Å². The molecule has 0 bridgehead atoms. The van der Waals surface area contributed by atoms with E-state index in [-0.39, 0.29) is 0 Å². The van der Waals surface area contributed by atoms with Gasteiger partial charge in [-0.1, -0.05) is 23.2 Å². The first-order valence-electron chi connectivity index (χ1n) is 5.49. The second-order valence-corrected chi connectivity index (χ2v) is 5.20. The number of aryl methyl sites for hydroxylation is 1. The molecule has 1 aromatic heterocycles. The molecule has 2 rings (SSSR count). The number of hydrogen-bond acceptors (Lipinski definition) is 2. The molecule has 0 aliphatic carbocycles. The number of nitrogens with one attached hydrogen (secondary N) is 2. The second-order valence-electron chi connectivity index (χ2n) is 3.98. The van der Waals surface area contributed by atoms with E-state index in [0.717, 1.165) is 17.1 Å². The maximum absolute atomic E-state index is 5.94. The summed E-state index contributed by atoms with van der Waals surface area (Å²) in [5.41, 5.74) is 2.63. The van der Waals surface area contributed by atoms with Crippen molar-refractivity contribution in [3.05, 3.63) is 40.1 Å². The van der Waals surface area contributed by atoms with Crippen molar-refractivity contribution in [1.29, 1.82) is 0 Å². The summed E-state index contributed by atoms with van der Waals surface area (Å²) in [6, 6.07) is 5.23. The maximum atomic E-state index is 5.94. The lowest BCUT2D eigenvalue weighted by Gasteiger charge is -2.10. The average molecular weight is 315 g/mol. The molecular weight excluding hydrogens is 303 g/mol. The molecule has 0 atom stereocenters. The fraction of sp³-hybridized carbons (Fsp3) is 0.167. The number of nitrogens with zero attached hydrogens (tertiary/aromatic N) is 2. The van der Waals surface area contributed by atoms with Crippen LogP contribution < -0.4 is 10.6 Å². The van der Waals surface area contributed by atoms with Gasteiger partial charge in [0.25, 0.3) is 0 Å². The van der Waals surface area contributed by atoms with E-state index >= 15 is 0 Å². The van der Waals surface area contributed by atoms with Crippen molar-refractivity contribution in [2.45, 2.75) is 6.92 Å². The van der Waals surface area contributed by atoms with E-state index in [0.29, 0.717) is 15.2 Å². The Hall–Kier alpha value is -1.30. The van der Waals surface area contributed by atoms with Crippen LogP contribution in [0.4, 0.5) is 11.4 Å². The van der Waals surface area contributed by atoms with Gasteiger partial charge in [0.1, 0.15) is 0 Å². The number of benzene rings is 1. The first-order valence-corrected chi connectivity index (χ1v) is 6.65. The largest absolute Gasteiger partial charge is 0.332 e. The molecule has 0 unspecified atom stereocenters. The van der Waals surface area contributed by atoms with Gasteiger partial charge in [0.15, 0.2) is 5.11 Å². The minimum Gasteiger partial charge on any atom is -0.332 e. The average Bonchev–Trinajstić information content (AvgIpc) is 2.66. The number of thiocarbonyl (C=S) groups is 1. The molecule has 2 aromatic rings. The molecule has 0 spiro atoms. The van der Waals surface area contributed by atoms with E-state index < -0.39 is 0 Å². The van der Waals surface area contributed by atoms with Gasteiger partial charge in [-0.2, -0.15) is 5.10 Å². The normalized spacial score (nSPS) is 10.3. The predicted octanol–water partition coefficient (Wildman–Crippen LogP) is 3.84. The van der Waals surface area contributed by atoms with Gasteiger partial charge in [-0.15, -0.1) is 0 Å². The highest BCUT2D eigenvalue weighted by Gasteiger charge is 2.06. The Morgan fingerprint density at radius 1 is 1.26 bits per heavy atom. The van der Waals surface area contributed by atoms with Crippen LogP contribution in [-0.2, 0) is 7.05 Å². The molecule has 0 fully saturated rings. The van der Waals surface area contributed by atoms with Crippen LogP contribution in [0.5, 0.6) is 0 Å². The van der Waals surface area contributed by atoms with E-state index in [1.807, 2.05) is 14.0 Å². The van der Waals surface area contributed by atoms with Gasteiger partial charge >= 0.3 is 0 Å². The second kappa shape index (κ2) is 5.77. The lowest BCUT2D eigenvalue weighted by atomic mass is 10.3. The molecule has 0 aliphatic heterocycles. The molecule has 0 radical (unpaired) electrons. The van der Waals surface area contributed by atoms with Crippen LogP contribution in [0.25, 0.3) is 0 Å². The van der Waals surface area contributed by atoms with E-state index in [1.54, 1.807) is 29.1 Å². The number of halogens is 2. The van der Waals surface area contributed by atoms with E-state index in [4.69, 9.17) is 35.4 Å². The summed E-state index contributed by atoms with van der Waals surface area (Å²) in [6.45, 7) is 1.96. The van der Waals surface area contributed by atoms with Gasteiger partial charge in [0, 0.05) is 12.7 Å². The standard InChI is InChI=1S/C12H12Cl2N4S/c1-7-11(6-15-18(7)2)17-12(19)16-8-3-4-9(13)10(14)5-8/h3-6H,1-2H3,(H2,16,17,19). The molecule has 19 heavy (non-hydrogen) atoms. The zero-order chi connectivity index (χ0) is 14.0. The van der Waals surface area contributed by atoms with Crippen LogP contribution in [0.15, 0.2) is 24.4 Å². The lowest BCUT2D eigenvalue weighted by Crippen LogP contribution is -2.19. The molecule has 1 aromatic carbocycles. The summed E-state index contributed by atoms with van der Waals surface area (Å²) in [6.07, 6.45) is 1.72. The highest BCUT2D eigenvalue weighted by atomic mass is 35.5. The third kappa shape index (κ3) is 3.37. The Morgan fingerprint density at radius 2 is 2.00 bits per heavy atom. The van der Waals surface area contributed by atoms with Crippen LogP contribution in [0.3, 0.4) is 0 Å². The van der Waals surface area contributed by atoms with E-state index in [1.165, 1.54) is 0 Å². The molecule has 0 saturated carbocycles. The van der Waals surface area contributed by atoms with E-state index in [2.05, 4.69) is 15.7 Å². The number of aromatic nitrogens is 2. The molecule has 100 valence electrons. The zero-order valence-electron chi connectivity index (χ0n) is 10.4. The summed E-state index contributed by atoms with van der Waals surface area (Å²) in [5.74, 6) is 0. The highest BCUT2D eigenvalue weighted by Crippen LogP contribution is 2.25. The van der Waals surface area contributed by atoms with Crippen molar-refractivity contribution in [1.82, 2.24) is 9.78 Å². The fourth-order valence-electron chi connectivity index (χ4n) is 1.48. The van der Waals surface area contributed by atoms with Crippen molar-refractivity contribution in [2.75, 3.05) is 10.6 Å². The third-order valence-electron chi connectivity index (χ3n) is 2.66. The Morgan fingerprint density at radius 3 is 2.58 bits per heavy atom. The number of anilines is 2. The first kappa shape index (κ1) is 14.1. The van der Waals surface area contributed by atoms with Gasteiger partial charge in [-0.3, -0.25) is 4.68 Å². The van der Waals surface area contributed by atoms with Crippen LogP contribution in [0, 0.1) is 6.92 Å². The molecule has 2 N–H and O–H groups in total. The number of hydrogen-bond donors (Lipinski definition) is 2. The Labute approximate surface area is 126 Å². The van der Waals surface area contributed by atoms with Crippen molar-refractivity contribution < 1.29 is 0 Å². The minimum absolute atomic E-state index is 0.467. The van der Waals surface area contributed by atoms with E-state index in [9.17, 15) is 0 Å². The van der Waals surface area contributed by atoms with Crippen molar-refractivity contribution in [2.24, 2.45) is 7.05 Å². The highest BCUT2D eigenvalue weighted by molar-refractivity contribution is 7.80. The predicted molar refractivity (Wildman–Crippen MR) is 84.3 cm³/mol. The monoisotopic (exact) mass is 314 g/mol. The fourth-order valence-corrected chi connectivity index (χ4v) is 2.01. The first-order chi connectivity index (χ1) is 8.97. The van der Waals surface area contributed by atoms with Crippen LogP contribution >= 0.6 is 35.4 Å². The minimum atomic E-state index is 0.467. The van der Waals surface area contributed by atoms with Gasteiger partial charge in [0.2, 0.25) is 0 Å². The topological polar surface area (TPSA) is 41.9 Å². The molecule has 0 saturated heterocycles. The molecule has 0 amide bonds. The maximum Gasteiger partial charge on any atom is 0.175 e. The van der Waals surface area contributed by atoms with Crippen LogP contribution in [0.1, 0.15) is 5.69 Å². The van der Waals surface area contributed by atoms with Gasteiger partial charge in [-0.05, 0) is 37.3 Å². The summed E-state index contributed by atoms with van der Waals surface area (Å²) < 4.78 is 1.77. The van der Waals surface area contributed by atoms with Gasteiger partial charge in [0.05, 0.1) is 27.6 Å². The third-order valence-corrected chi connectivity index (χ3v) is 3.60. The van der Waals surface area contributed by atoms with Crippen molar-refractivity contribution >= 4 is 51.9 Å². The molecule has 1 heterocycles. The van der Waals surface area contributed by atoms with Crippen molar-refractivity contribution in [3.8, 4) is 0 Å². The van der Waals surface area contributed by atoms with Crippen LogP contribution in [0.2, 0.25) is 10.0 Å². The Bertz CT molecular complexity index is 624. The number of rotatable bonds is 2. The van der Waals surface area contributed by atoms with Gasteiger partial charge in [-0.25, -0.2) is 0 Å². The Kier molecular flexibility index (Phi) is 4.29. The quantitative estimate of drug-likeness (QED) is 0.826. The Balaban J connectivity index is 2.05. The SMILES string of the molecule is Cc1c(NC(=S)Nc2ccc(Cl)c(Cl)c2)cnn1C. The molecular formula is C12H12Cl2N4S. The summed E-state index contributed by atoms with van der Waals surface area (Å²) in [4.78, 5) is 0.